The van der Waals surface area contributed by atoms with Crippen LogP contribution in [0.3, 0.4) is 0 Å². The second kappa shape index (κ2) is 9.05. The maximum absolute atomic E-state index is 12.2. The molecule has 1 aromatic carbocycles. The van der Waals surface area contributed by atoms with E-state index in [2.05, 4.69) is 0 Å². The number of hydrogen-bond donors (Lipinski definition) is 1. The molecule has 0 bridgehead atoms. The Balaban J connectivity index is 1.88. The summed E-state index contributed by atoms with van der Waals surface area (Å²) in [5.41, 5.74) is 5.67. The van der Waals surface area contributed by atoms with Gasteiger partial charge in [0.15, 0.2) is 6.61 Å². The number of ether oxygens (including phenoxy) is 2. The second-order valence-corrected chi connectivity index (χ2v) is 5.95. The van der Waals surface area contributed by atoms with Gasteiger partial charge in [-0.3, -0.25) is 9.59 Å². The highest BCUT2D eigenvalue weighted by atomic mass is 16.5. The van der Waals surface area contributed by atoms with Crippen LogP contribution in [0.1, 0.15) is 43.0 Å². The van der Waals surface area contributed by atoms with Gasteiger partial charge in [-0.15, -0.1) is 0 Å². The lowest BCUT2D eigenvalue weighted by molar-refractivity contribution is -0.143. The number of carbonyl (C=O) groups is 3. The van der Waals surface area contributed by atoms with E-state index in [9.17, 15) is 14.4 Å². The van der Waals surface area contributed by atoms with E-state index in [4.69, 9.17) is 15.2 Å². The maximum Gasteiger partial charge on any atom is 0.338 e. The van der Waals surface area contributed by atoms with Crippen LogP contribution in [0.4, 0.5) is 0 Å². The Kier molecular flexibility index (Phi) is 6.80. The van der Waals surface area contributed by atoms with Crippen LogP contribution >= 0.6 is 0 Å². The third-order valence-corrected chi connectivity index (χ3v) is 4.04. The first-order valence-electron chi connectivity index (χ1n) is 8.51. The van der Waals surface area contributed by atoms with E-state index in [1.807, 2.05) is 6.92 Å². The summed E-state index contributed by atoms with van der Waals surface area (Å²) in [4.78, 5) is 37.1. The fourth-order valence-corrected chi connectivity index (χ4v) is 2.73. The monoisotopic (exact) mass is 348 g/mol. The van der Waals surface area contributed by atoms with E-state index in [0.29, 0.717) is 30.9 Å². The van der Waals surface area contributed by atoms with Crippen LogP contribution in [-0.2, 0) is 14.3 Å². The van der Waals surface area contributed by atoms with Crippen molar-refractivity contribution in [2.75, 3.05) is 19.8 Å². The number of carbonyl (C=O) groups excluding carboxylic acids is 3. The van der Waals surface area contributed by atoms with E-state index in [-0.39, 0.29) is 0 Å². The van der Waals surface area contributed by atoms with Crippen molar-refractivity contribution >= 4 is 17.8 Å². The van der Waals surface area contributed by atoms with E-state index in [1.165, 1.54) is 4.90 Å². The minimum Gasteiger partial charge on any atom is -0.494 e. The fourth-order valence-electron chi connectivity index (χ4n) is 2.73. The van der Waals surface area contributed by atoms with Crippen LogP contribution in [0.15, 0.2) is 24.3 Å². The zero-order chi connectivity index (χ0) is 18.2. The van der Waals surface area contributed by atoms with Crippen molar-refractivity contribution in [2.24, 2.45) is 5.73 Å². The van der Waals surface area contributed by atoms with Gasteiger partial charge in [-0.25, -0.2) is 4.79 Å². The highest BCUT2D eigenvalue weighted by Crippen LogP contribution is 2.17. The van der Waals surface area contributed by atoms with Crippen molar-refractivity contribution in [2.45, 2.75) is 38.6 Å². The molecule has 136 valence electrons. The lowest BCUT2D eigenvalue weighted by Gasteiger charge is -2.33. The van der Waals surface area contributed by atoms with Crippen LogP contribution in [0, 0.1) is 0 Å². The fraction of sp³-hybridized carbons (Fsp3) is 0.500. The Morgan fingerprint density at radius 3 is 2.56 bits per heavy atom. The molecule has 2 N–H and O–H groups in total. The second-order valence-electron chi connectivity index (χ2n) is 5.95. The van der Waals surface area contributed by atoms with Gasteiger partial charge in [0, 0.05) is 6.54 Å². The molecule has 0 radical (unpaired) electrons. The Morgan fingerprint density at radius 1 is 1.20 bits per heavy atom. The predicted octanol–water partition coefficient (Wildman–Crippen LogP) is 1.50. The minimum atomic E-state index is -0.616. The zero-order valence-electron chi connectivity index (χ0n) is 14.4. The van der Waals surface area contributed by atoms with Crippen molar-refractivity contribution in [3.8, 4) is 5.75 Å². The summed E-state index contributed by atoms with van der Waals surface area (Å²) in [6.07, 6.45) is 3.11. The number of hydrogen-bond acceptors (Lipinski definition) is 5. The summed E-state index contributed by atoms with van der Waals surface area (Å²) in [5.74, 6) is -0.850. The molecular formula is C18H24N2O5. The van der Waals surface area contributed by atoms with Gasteiger partial charge in [0.25, 0.3) is 5.91 Å². The summed E-state index contributed by atoms with van der Waals surface area (Å²) in [5, 5.41) is 0. The first-order chi connectivity index (χ1) is 12.0. The third-order valence-electron chi connectivity index (χ3n) is 4.04. The van der Waals surface area contributed by atoms with Crippen molar-refractivity contribution in [3.05, 3.63) is 29.8 Å². The number of rotatable bonds is 7. The van der Waals surface area contributed by atoms with Crippen molar-refractivity contribution < 1.29 is 23.9 Å². The smallest absolute Gasteiger partial charge is 0.338 e. The molecule has 1 aliphatic rings. The largest absolute Gasteiger partial charge is 0.494 e. The van der Waals surface area contributed by atoms with Gasteiger partial charge in [-0.2, -0.15) is 0 Å². The summed E-state index contributed by atoms with van der Waals surface area (Å²) in [6, 6.07) is 5.93. The van der Waals surface area contributed by atoms with Gasteiger partial charge in [0.05, 0.1) is 12.2 Å². The molecule has 1 aromatic rings. The highest BCUT2D eigenvalue weighted by Gasteiger charge is 2.31. The number of esters is 1. The molecule has 0 spiro atoms. The molecule has 0 aliphatic carbocycles. The SMILES string of the molecule is CCCOc1ccc(C(=O)OCC(=O)N2CCCC[C@@H]2C(N)=O)cc1. The molecule has 2 rings (SSSR count). The van der Waals surface area contributed by atoms with Gasteiger partial charge < -0.3 is 20.1 Å². The lowest BCUT2D eigenvalue weighted by Crippen LogP contribution is -2.51. The average molecular weight is 348 g/mol. The number of piperidine rings is 1. The molecule has 2 amide bonds. The zero-order valence-corrected chi connectivity index (χ0v) is 14.4. The number of benzene rings is 1. The number of nitrogens with two attached hydrogens (primary N) is 1. The normalized spacial score (nSPS) is 17.0. The average Bonchev–Trinajstić information content (AvgIpc) is 2.64. The molecule has 1 saturated heterocycles. The van der Waals surface area contributed by atoms with Crippen molar-refractivity contribution in [3.63, 3.8) is 0 Å². The Morgan fingerprint density at radius 2 is 1.92 bits per heavy atom. The Bertz CT molecular complexity index is 614. The molecule has 0 saturated carbocycles. The minimum absolute atomic E-state index is 0.335. The van der Waals surface area contributed by atoms with Crippen LogP contribution < -0.4 is 10.5 Å². The standard InChI is InChI=1S/C18H24N2O5/c1-2-11-24-14-8-6-13(7-9-14)18(23)25-12-16(21)20-10-4-3-5-15(20)17(19)22/h6-9,15H,2-5,10-12H2,1H3,(H2,19,22)/t15-/m1/s1. The molecule has 25 heavy (non-hydrogen) atoms. The van der Waals surface area contributed by atoms with Crippen molar-refractivity contribution in [1.82, 2.24) is 4.90 Å². The Labute approximate surface area is 147 Å². The van der Waals surface area contributed by atoms with E-state index in [0.717, 1.165) is 19.3 Å². The van der Waals surface area contributed by atoms with Crippen LogP contribution in [0.5, 0.6) is 5.75 Å². The quantitative estimate of drug-likeness (QED) is 0.753. The highest BCUT2D eigenvalue weighted by molar-refractivity contribution is 5.92. The van der Waals surface area contributed by atoms with Gasteiger partial charge in [0.1, 0.15) is 11.8 Å². The first-order valence-corrected chi connectivity index (χ1v) is 8.51. The molecule has 7 nitrogen and oxygen atoms in total. The van der Waals surface area contributed by atoms with Crippen LogP contribution in [-0.4, -0.2) is 48.5 Å². The molecule has 0 aromatic heterocycles. The topological polar surface area (TPSA) is 98.9 Å². The van der Waals surface area contributed by atoms with Crippen LogP contribution in [0.2, 0.25) is 0 Å². The van der Waals surface area contributed by atoms with Gasteiger partial charge in [-0.1, -0.05) is 6.92 Å². The summed E-state index contributed by atoms with van der Waals surface area (Å²) in [7, 11) is 0. The molecule has 7 heteroatoms. The summed E-state index contributed by atoms with van der Waals surface area (Å²) in [6.45, 7) is 2.66. The maximum atomic E-state index is 12.2. The molecule has 0 unspecified atom stereocenters. The molecule has 1 atom stereocenters. The van der Waals surface area contributed by atoms with Crippen molar-refractivity contribution in [1.29, 1.82) is 0 Å². The number of amides is 2. The molecule has 1 aliphatic heterocycles. The van der Waals surface area contributed by atoms with Gasteiger partial charge in [-0.05, 0) is 49.9 Å². The van der Waals surface area contributed by atoms with E-state index >= 15 is 0 Å². The molecule has 1 heterocycles. The number of nitrogens with zero attached hydrogens (tertiary/aromatic N) is 1. The van der Waals surface area contributed by atoms with Crippen LogP contribution in [0.25, 0.3) is 0 Å². The molecule has 1 fully saturated rings. The first kappa shape index (κ1) is 18.8. The molecular weight excluding hydrogens is 324 g/mol. The summed E-state index contributed by atoms with van der Waals surface area (Å²) >= 11 is 0. The van der Waals surface area contributed by atoms with Gasteiger partial charge >= 0.3 is 5.97 Å². The number of likely N-dealkylation sites (tertiary alicyclic amines) is 1. The Hall–Kier alpha value is -2.57. The summed E-state index contributed by atoms with van der Waals surface area (Å²) < 4.78 is 10.5. The predicted molar refractivity (Wildman–Crippen MR) is 91.1 cm³/mol. The van der Waals surface area contributed by atoms with E-state index in [1.54, 1.807) is 24.3 Å². The van der Waals surface area contributed by atoms with E-state index < -0.39 is 30.4 Å². The van der Waals surface area contributed by atoms with Gasteiger partial charge in [0.2, 0.25) is 5.91 Å². The lowest BCUT2D eigenvalue weighted by atomic mass is 10.0. The third kappa shape index (κ3) is 5.20. The number of primary amides is 1.